The van der Waals surface area contributed by atoms with Crippen LogP contribution in [0.3, 0.4) is 0 Å². The Labute approximate surface area is 82.7 Å². The number of pyridine rings is 2. The zero-order valence-corrected chi connectivity index (χ0v) is 7.58. The van der Waals surface area contributed by atoms with Crippen LogP contribution in [0.5, 0.6) is 0 Å². The highest BCUT2D eigenvalue weighted by atomic mass is 35.5. The molecule has 2 aromatic rings. The maximum absolute atomic E-state index is 11.5. The lowest BCUT2D eigenvalue weighted by atomic mass is 10.3. The summed E-state index contributed by atoms with van der Waals surface area (Å²) in [4.78, 5) is 28.2. The van der Waals surface area contributed by atoms with Crippen molar-refractivity contribution in [2.75, 3.05) is 0 Å². The van der Waals surface area contributed by atoms with Gasteiger partial charge in [0.25, 0.3) is 0 Å². The predicted octanol–water partition coefficient (Wildman–Crippen LogP) is 1.97. The van der Waals surface area contributed by atoms with Crippen molar-refractivity contribution >= 4 is 28.3 Å². The van der Waals surface area contributed by atoms with Crippen molar-refractivity contribution in [3.63, 3.8) is 0 Å². The van der Waals surface area contributed by atoms with Crippen LogP contribution < -0.4 is 5.43 Å². The van der Waals surface area contributed by atoms with Gasteiger partial charge in [0, 0.05) is 6.20 Å². The van der Waals surface area contributed by atoms with E-state index in [1.807, 2.05) is 0 Å². The van der Waals surface area contributed by atoms with Crippen LogP contribution in [0.15, 0.2) is 28.3 Å². The Hall–Kier alpha value is -1.75. The van der Waals surface area contributed by atoms with E-state index >= 15 is 0 Å². The highest BCUT2D eigenvalue weighted by Crippen LogP contribution is 2.13. The molecule has 5 nitrogen and oxygen atoms in total. The Morgan fingerprint density at radius 3 is 2.93 bits per heavy atom. The number of rotatable bonds is 1. The fourth-order valence-corrected chi connectivity index (χ4v) is 1.27. The predicted molar refractivity (Wildman–Crippen MR) is 52.8 cm³/mol. The van der Waals surface area contributed by atoms with Crippen LogP contribution >= 0.6 is 11.6 Å². The lowest BCUT2D eigenvalue weighted by Gasteiger charge is -1.96. The zero-order chi connectivity index (χ0) is 10.1. The number of nitrogens with zero attached hydrogens (tertiary/aromatic N) is 2. The summed E-state index contributed by atoms with van der Waals surface area (Å²) < 4.78 is 0. The molecular weight excluding hydrogens is 206 g/mol. The third kappa shape index (κ3) is 1.27. The van der Waals surface area contributed by atoms with Gasteiger partial charge in [-0.25, -0.2) is 4.98 Å². The van der Waals surface area contributed by atoms with E-state index < -0.39 is 5.43 Å². The normalized spacial score (nSPS) is 10.4. The van der Waals surface area contributed by atoms with Crippen molar-refractivity contribution < 1.29 is 0 Å². The smallest absolute Gasteiger partial charge is 0.236 e. The number of hydrogen-bond donors (Lipinski definition) is 1. The molecule has 0 aliphatic rings. The summed E-state index contributed by atoms with van der Waals surface area (Å²) in [7, 11) is 0. The van der Waals surface area contributed by atoms with Gasteiger partial charge < -0.3 is 4.98 Å². The van der Waals surface area contributed by atoms with E-state index in [-0.39, 0.29) is 16.4 Å². The van der Waals surface area contributed by atoms with E-state index in [4.69, 9.17) is 11.6 Å². The van der Waals surface area contributed by atoms with Crippen molar-refractivity contribution in [1.82, 2.24) is 9.97 Å². The first-order valence-corrected chi connectivity index (χ1v) is 4.11. The second-order valence-corrected chi connectivity index (χ2v) is 3.01. The average Bonchev–Trinajstić information content (AvgIpc) is 2.20. The number of halogens is 1. The van der Waals surface area contributed by atoms with E-state index in [1.165, 1.54) is 6.20 Å². The third-order valence-electron chi connectivity index (χ3n) is 1.77. The maximum atomic E-state index is 11.5. The van der Waals surface area contributed by atoms with Crippen LogP contribution in [-0.4, -0.2) is 9.97 Å². The molecule has 0 aliphatic carbocycles. The van der Waals surface area contributed by atoms with Crippen LogP contribution in [0.4, 0.5) is 5.69 Å². The number of aromatic nitrogens is 2. The van der Waals surface area contributed by atoms with Gasteiger partial charge in [0.1, 0.15) is 10.7 Å². The van der Waals surface area contributed by atoms with Gasteiger partial charge in [-0.15, -0.1) is 4.91 Å². The summed E-state index contributed by atoms with van der Waals surface area (Å²) in [5.41, 5.74) is -0.0788. The largest absolute Gasteiger partial charge is 0.358 e. The Kier molecular flexibility index (Phi) is 2.01. The zero-order valence-electron chi connectivity index (χ0n) is 6.82. The Balaban J connectivity index is 2.93. The molecule has 0 unspecified atom stereocenters. The van der Waals surface area contributed by atoms with E-state index in [1.54, 1.807) is 12.1 Å². The minimum Gasteiger partial charge on any atom is -0.358 e. The first-order chi connectivity index (χ1) is 6.72. The van der Waals surface area contributed by atoms with E-state index in [0.717, 1.165) is 0 Å². The van der Waals surface area contributed by atoms with Crippen molar-refractivity contribution in [2.24, 2.45) is 5.18 Å². The summed E-state index contributed by atoms with van der Waals surface area (Å²) >= 11 is 5.61. The SMILES string of the molecule is O=Nc1c[nH]c2ccc(Cl)nc2c1=O. The van der Waals surface area contributed by atoms with Crippen molar-refractivity contribution in [3.05, 3.63) is 38.6 Å². The molecule has 0 saturated carbocycles. The highest BCUT2D eigenvalue weighted by molar-refractivity contribution is 6.29. The first-order valence-electron chi connectivity index (χ1n) is 3.73. The summed E-state index contributed by atoms with van der Waals surface area (Å²) in [6.07, 6.45) is 1.24. The van der Waals surface area contributed by atoms with Gasteiger partial charge in [-0.1, -0.05) is 11.6 Å². The van der Waals surface area contributed by atoms with E-state index in [0.29, 0.717) is 5.52 Å². The van der Waals surface area contributed by atoms with Crippen LogP contribution in [0.2, 0.25) is 5.15 Å². The van der Waals surface area contributed by atoms with Gasteiger partial charge in [0.15, 0.2) is 5.69 Å². The quantitative estimate of drug-likeness (QED) is 0.576. The summed E-state index contributed by atoms with van der Waals surface area (Å²) in [6, 6.07) is 3.16. The minimum atomic E-state index is -0.517. The topological polar surface area (TPSA) is 75.2 Å². The first kappa shape index (κ1) is 8.83. The Morgan fingerprint density at radius 2 is 2.21 bits per heavy atom. The number of hydrogen-bond acceptors (Lipinski definition) is 4. The molecule has 14 heavy (non-hydrogen) atoms. The molecule has 0 atom stereocenters. The van der Waals surface area contributed by atoms with Crippen molar-refractivity contribution in [1.29, 1.82) is 0 Å². The van der Waals surface area contributed by atoms with Crippen LogP contribution in [0.1, 0.15) is 0 Å². The molecule has 0 fully saturated rings. The standard InChI is InChI=1S/C8H4ClN3O2/c9-6-2-1-4-7(11-6)8(13)5(12-14)3-10-4/h1-3H,(H,10,13). The molecule has 6 heteroatoms. The molecule has 0 saturated heterocycles. The molecule has 1 N–H and O–H groups in total. The van der Waals surface area contributed by atoms with Gasteiger partial charge in [0.05, 0.1) is 5.52 Å². The number of aromatic amines is 1. The third-order valence-corrected chi connectivity index (χ3v) is 1.98. The lowest BCUT2D eigenvalue weighted by Crippen LogP contribution is -2.03. The molecule has 0 bridgehead atoms. The number of fused-ring (bicyclic) bond motifs is 1. The Bertz CT molecular complexity index is 564. The molecule has 2 heterocycles. The van der Waals surface area contributed by atoms with Gasteiger partial charge >= 0.3 is 0 Å². The monoisotopic (exact) mass is 209 g/mol. The Morgan fingerprint density at radius 1 is 1.43 bits per heavy atom. The van der Waals surface area contributed by atoms with Gasteiger partial charge in [-0.3, -0.25) is 4.79 Å². The number of nitroso groups, excluding NO2 is 1. The van der Waals surface area contributed by atoms with Gasteiger partial charge in [0.2, 0.25) is 5.43 Å². The molecule has 0 spiro atoms. The molecule has 2 rings (SSSR count). The highest BCUT2D eigenvalue weighted by Gasteiger charge is 2.06. The lowest BCUT2D eigenvalue weighted by molar-refractivity contribution is 1.29. The summed E-state index contributed by atoms with van der Waals surface area (Å²) in [6.45, 7) is 0. The summed E-state index contributed by atoms with van der Waals surface area (Å²) in [5, 5.41) is 2.77. The van der Waals surface area contributed by atoms with Gasteiger partial charge in [-0.05, 0) is 17.3 Å². The second kappa shape index (κ2) is 3.19. The van der Waals surface area contributed by atoms with E-state index in [9.17, 15) is 9.70 Å². The minimum absolute atomic E-state index is 0.120. The maximum Gasteiger partial charge on any atom is 0.236 e. The molecular formula is C8H4ClN3O2. The fourth-order valence-electron chi connectivity index (χ4n) is 1.13. The van der Waals surface area contributed by atoms with Gasteiger partial charge in [-0.2, -0.15) is 0 Å². The van der Waals surface area contributed by atoms with Crippen molar-refractivity contribution in [3.8, 4) is 0 Å². The number of H-pyrrole nitrogens is 1. The second-order valence-electron chi connectivity index (χ2n) is 2.62. The number of nitrogens with one attached hydrogen (secondary N) is 1. The summed E-state index contributed by atoms with van der Waals surface area (Å²) in [5.74, 6) is 0. The van der Waals surface area contributed by atoms with Crippen molar-refractivity contribution in [2.45, 2.75) is 0 Å². The molecule has 2 aromatic heterocycles. The molecule has 0 aliphatic heterocycles. The molecule has 0 radical (unpaired) electrons. The van der Waals surface area contributed by atoms with Crippen LogP contribution in [0, 0.1) is 4.91 Å². The average molecular weight is 210 g/mol. The fraction of sp³-hybridized carbons (Fsp3) is 0. The molecule has 0 amide bonds. The van der Waals surface area contributed by atoms with E-state index in [2.05, 4.69) is 15.1 Å². The molecule has 0 aromatic carbocycles. The van der Waals surface area contributed by atoms with Crippen LogP contribution in [-0.2, 0) is 0 Å². The van der Waals surface area contributed by atoms with Crippen LogP contribution in [0.25, 0.3) is 11.0 Å². The molecule has 70 valence electrons.